The van der Waals surface area contributed by atoms with Gasteiger partial charge in [0.2, 0.25) is 0 Å². The van der Waals surface area contributed by atoms with Crippen LogP contribution in [0, 0.1) is 6.92 Å². The number of rotatable bonds is 3. The molecule has 1 aliphatic heterocycles. The smallest absolute Gasteiger partial charge is 0.143 e. The van der Waals surface area contributed by atoms with Crippen molar-refractivity contribution in [3.63, 3.8) is 0 Å². The summed E-state index contributed by atoms with van der Waals surface area (Å²) < 4.78 is 8.21. The van der Waals surface area contributed by atoms with Crippen molar-refractivity contribution in [2.75, 3.05) is 10.9 Å². The molecule has 0 radical (unpaired) electrons. The topological polar surface area (TPSA) is 12.5 Å². The van der Waals surface area contributed by atoms with Crippen LogP contribution in [0.15, 0.2) is 47.4 Å². The first-order valence-corrected chi connectivity index (χ1v) is 8.30. The summed E-state index contributed by atoms with van der Waals surface area (Å²) in [5.74, 6) is 0.944. The molecule has 0 aromatic heterocycles. The number of aryl methyl sites for hydroxylation is 1. The Balaban J connectivity index is 1.99. The number of fused-ring (bicyclic) bond motifs is 1. The van der Waals surface area contributed by atoms with E-state index in [0.29, 0.717) is 12.6 Å². The second-order valence-electron chi connectivity index (χ2n) is 5.14. The molecule has 1 unspecified atom stereocenters. The lowest BCUT2D eigenvalue weighted by Crippen LogP contribution is -2.38. The lowest BCUT2D eigenvalue weighted by atomic mass is 10.2. The summed E-state index contributed by atoms with van der Waals surface area (Å²) in [5, 5.41) is 0.804. The summed E-state index contributed by atoms with van der Waals surface area (Å²) in [6.07, 6.45) is 1.03. The number of para-hydroxylation sites is 2. The standard InChI is InChI=1S/C17H18ClNOS/c1-3-13-11-20-16-10-5-4-9-15(16)19(13)21-17-12(2)7-6-8-14(17)18/h4-10,13H,3,11H2,1-2H3. The van der Waals surface area contributed by atoms with Crippen molar-refractivity contribution >= 4 is 29.2 Å². The Bertz CT molecular complexity index is 626. The minimum atomic E-state index is 0.348. The van der Waals surface area contributed by atoms with Crippen LogP contribution in [-0.4, -0.2) is 12.6 Å². The van der Waals surface area contributed by atoms with E-state index in [0.717, 1.165) is 27.8 Å². The Kier molecular flexibility index (Phi) is 4.32. The lowest BCUT2D eigenvalue weighted by Gasteiger charge is -2.37. The maximum atomic E-state index is 6.39. The third kappa shape index (κ3) is 2.85. The Morgan fingerprint density at radius 3 is 2.81 bits per heavy atom. The maximum Gasteiger partial charge on any atom is 0.143 e. The average molecular weight is 320 g/mol. The molecule has 110 valence electrons. The van der Waals surface area contributed by atoms with E-state index >= 15 is 0 Å². The number of hydrogen-bond acceptors (Lipinski definition) is 3. The molecule has 2 aromatic rings. The molecule has 2 nitrogen and oxygen atoms in total. The van der Waals surface area contributed by atoms with E-state index in [1.54, 1.807) is 11.9 Å². The Morgan fingerprint density at radius 2 is 2.05 bits per heavy atom. The fourth-order valence-corrected chi connectivity index (χ4v) is 3.95. The van der Waals surface area contributed by atoms with E-state index in [4.69, 9.17) is 16.3 Å². The van der Waals surface area contributed by atoms with E-state index in [1.165, 1.54) is 5.56 Å². The van der Waals surface area contributed by atoms with Crippen LogP contribution in [0.4, 0.5) is 5.69 Å². The van der Waals surface area contributed by atoms with Gasteiger partial charge in [0.05, 0.1) is 21.6 Å². The van der Waals surface area contributed by atoms with Gasteiger partial charge in [-0.3, -0.25) is 0 Å². The van der Waals surface area contributed by atoms with Gasteiger partial charge in [0.25, 0.3) is 0 Å². The zero-order valence-electron chi connectivity index (χ0n) is 12.2. The predicted molar refractivity (Wildman–Crippen MR) is 90.5 cm³/mol. The maximum absolute atomic E-state index is 6.39. The SMILES string of the molecule is CCC1COc2ccccc2N1Sc1c(C)cccc1Cl. The van der Waals surface area contributed by atoms with Crippen molar-refractivity contribution in [1.82, 2.24) is 0 Å². The van der Waals surface area contributed by atoms with Crippen LogP contribution in [0.1, 0.15) is 18.9 Å². The fourth-order valence-electron chi connectivity index (χ4n) is 2.45. The molecule has 1 aliphatic rings. The molecule has 0 bridgehead atoms. The van der Waals surface area contributed by atoms with Crippen molar-refractivity contribution in [3.8, 4) is 5.75 Å². The quantitative estimate of drug-likeness (QED) is 0.709. The molecule has 1 atom stereocenters. The molecule has 0 spiro atoms. The summed E-state index contributed by atoms with van der Waals surface area (Å²) in [6, 6.07) is 14.6. The van der Waals surface area contributed by atoms with E-state index in [-0.39, 0.29) is 0 Å². The first-order chi connectivity index (χ1) is 10.2. The highest BCUT2D eigenvalue weighted by molar-refractivity contribution is 8.00. The van der Waals surface area contributed by atoms with Crippen LogP contribution >= 0.6 is 23.5 Å². The van der Waals surface area contributed by atoms with Crippen molar-refractivity contribution in [3.05, 3.63) is 53.1 Å². The van der Waals surface area contributed by atoms with E-state index in [2.05, 4.69) is 30.3 Å². The van der Waals surface area contributed by atoms with Gasteiger partial charge in [-0.15, -0.1) is 0 Å². The molecule has 1 heterocycles. The monoisotopic (exact) mass is 319 g/mol. The van der Waals surface area contributed by atoms with Crippen molar-refractivity contribution in [1.29, 1.82) is 0 Å². The number of anilines is 1. The Hall–Kier alpha value is -1.32. The van der Waals surface area contributed by atoms with Crippen molar-refractivity contribution < 1.29 is 4.74 Å². The van der Waals surface area contributed by atoms with E-state index < -0.39 is 0 Å². The number of hydrogen-bond donors (Lipinski definition) is 0. The molecule has 2 aromatic carbocycles. The Morgan fingerprint density at radius 1 is 1.24 bits per heavy atom. The molecule has 0 saturated carbocycles. The normalized spacial score (nSPS) is 17.3. The highest BCUT2D eigenvalue weighted by Crippen LogP contribution is 2.43. The number of benzene rings is 2. The third-order valence-corrected chi connectivity index (χ3v) is 5.53. The molecule has 0 N–H and O–H groups in total. The second kappa shape index (κ2) is 6.20. The van der Waals surface area contributed by atoms with Gasteiger partial charge in [-0.2, -0.15) is 0 Å². The van der Waals surface area contributed by atoms with Crippen LogP contribution in [-0.2, 0) is 0 Å². The van der Waals surface area contributed by atoms with E-state index in [1.807, 2.05) is 30.3 Å². The van der Waals surface area contributed by atoms with Gasteiger partial charge in [0, 0.05) is 0 Å². The highest BCUT2D eigenvalue weighted by Gasteiger charge is 2.28. The first kappa shape index (κ1) is 14.6. The zero-order valence-corrected chi connectivity index (χ0v) is 13.7. The van der Waals surface area contributed by atoms with E-state index in [9.17, 15) is 0 Å². The molecule has 0 aliphatic carbocycles. The molecular weight excluding hydrogens is 302 g/mol. The van der Waals surface area contributed by atoms with Gasteiger partial charge in [-0.25, -0.2) is 0 Å². The van der Waals surface area contributed by atoms with Gasteiger partial charge in [-0.1, -0.05) is 42.8 Å². The Labute approximate surface area is 135 Å². The summed E-state index contributed by atoms with van der Waals surface area (Å²) >= 11 is 8.10. The largest absolute Gasteiger partial charge is 0.489 e. The first-order valence-electron chi connectivity index (χ1n) is 7.15. The molecule has 4 heteroatoms. The van der Waals surface area contributed by atoms with Crippen LogP contribution < -0.4 is 9.04 Å². The van der Waals surface area contributed by atoms with Gasteiger partial charge < -0.3 is 9.04 Å². The van der Waals surface area contributed by atoms with Gasteiger partial charge >= 0.3 is 0 Å². The van der Waals surface area contributed by atoms with Crippen LogP contribution in [0.3, 0.4) is 0 Å². The van der Waals surface area contributed by atoms with Gasteiger partial charge in [0.15, 0.2) is 0 Å². The van der Waals surface area contributed by atoms with Crippen LogP contribution in [0.2, 0.25) is 5.02 Å². The third-order valence-electron chi connectivity index (χ3n) is 3.69. The molecule has 0 fully saturated rings. The summed E-state index contributed by atoms with van der Waals surface area (Å²) in [4.78, 5) is 1.12. The predicted octanol–water partition coefficient (Wildman–Crippen LogP) is 5.33. The summed E-state index contributed by atoms with van der Waals surface area (Å²) in [5.41, 5.74) is 2.33. The number of nitrogens with zero attached hydrogens (tertiary/aromatic N) is 1. The molecule has 0 amide bonds. The molecular formula is C17H18ClNOS. The lowest BCUT2D eigenvalue weighted by molar-refractivity contribution is 0.273. The molecule has 0 saturated heterocycles. The average Bonchev–Trinajstić information content (AvgIpc) is 2.51. The minimum Gasteiger partial charge on any atom is -0.489 e. The molecule has 3 rings (SSSR count). The number of halogens is 1. The van der Waals surface area contributed by atoms with Gasteiger partial charge in [-0.05, 0) is 49.1 Å². The number of ether oxygens (including phenoxy) is 1. The summed E-state index contributed by atoms with van der Waals surface area (Å²) in [7, 11) is 0. The highest BCUT2D eigenvalue weighted by atomic mass is 35.5. The van der Waals surface area contributed by atoms with Crippen LogP contribution in [0.5, 0.6) is 5.75 Å². The fraction of sp³-hybridized carbons (Fsp3) is 0.294. The molecule has 21 heavy (non-hydrogen) atoms. The minimum absolute atomic E-state index is 0.348. The zero-order chi connectivity index (χ0) is 14.8. The second-order valence-corrected chi connectivity index (χ2v) is 6.54. The van der Waals surface area contributed by atoms with Crippen molar-refractivity contribution in [2.24, 2.45) is 0 Å². The van der Waals surface area contributed by atoms with Gasteiger partial charge in [0.1, 0.15) is 12.4 Å². The summed E-state index contributed by atoms with van der Waals surface area (Å²) in [6.45, 7) is 5.00. The van der Waals surface area contributed by atoms with Crippen molar-refractivity contribution in [2.45, 2.75) is 31.2 Å². The van der Waals surface area contributed by atoms with Crippen LogP contribution in [0.25, 0.3) is 0 Å².